The maximum atomic E-state index is 13.7. The van der Waals surface area contributed by atoms with E-state index in [0.29, 0.717) is 17.9 Å². The molecule has 1 atom stereocenters. The zero-order valence-electron chi connectivity index (χ0n) is 13.4. The molecule has 0 spiro atoms. The first kappa shape index (κ1) is 18.4. The van der Waals surface area contributed by atoms with E-state index in [1.54, 1.807) is 23.1 Å². The van der Waals surface area contributed by atoms with Gasteiger partial charge in [0.05, 0.1) is 23.8 Å². The van der Waals surface area contributed by atoms with E-state index >= 15 is 0 Å². The molecule has 1 aromatic heterocycles. The molecule has 0 radical (unpaired) electrons. The predicted octanol–water partition coefficient (Wildman–Crippen LogP) is 3.20. The van der Waals surface area contributed by atoms with Crippen LogP contribution >= 0.6 is 23.1 Å². The third-order valence-corrected chi connectivity index (χ3v) is 7.71. The smallest absolute Gasteiger partial charge is 0.233 e. The average molecular weight is 400 g/mol. The molecule has 25 heavy (non-hydrogen) atoms. The van der Waals surface area contributed by atoms with Crippen molar-refractivity contribution in [1.82, 2.24) is 4.90 Å². The Balaban J connectivity index is 1.71. The molecular weight excluding hydrogens is 381 g/mol. The highest BCUT2D eigenvalue weighted by Crippen LogP contribution is 2.25. The summed E-state index contributed by atoms with van der Waals surface area (Å²) in [5.41, 5.74) is 0. The van der Waals surface area contributed by atoms with Gasteiger partial charge in [0.15, 0.2) is 9.84 Å². The molecule has 2 heterocycles. The number of amides is 1. The van der Waals surface area contributed by atoms with Gasteiger partial charge in [-0.25, -0.2) is 12.8 Å². The van der Waals surface area contributed by atoms with Crippen LogP contribution in [0.1, 0.15) is 11.3 Å². The van der Waals surface area contributed by atoms with Crippen molar-refractivity contribution in [1.29, 1.82) is 0 Å². The first-order valence-corrected chi connectivity index (χ1v) is 11.5. The molecule has 0 N–H and O–H groups in total. The summed E-state index contributed by atoms with van der Waals surface area (Å²) in [4.78, 5) is 15.8. The van der Waals surface area contributed by atoms with Crippen molar-refractivity contribution in [3.63, 3.8) is 0 Å². The van der Waals surface area contributed by atoms with Gasteiger partial charge in [-0.2, -0.15) is 0 Å². The molecule has 4 nitrogen and oxygen atoms in total. The molecule has 0 bridgehead atoms. The zero-order chi connectivity index (χ0) is 17.9. The fourth-order valence-electron chi connectivity index (χ4n) is 2.80. The van der Waals surface area contributed by atoms with Crippen molar-refractivity contribution < 1.29 is 17.6 Å². The van der Waals surface area contributed by atoms with Gasteiger partial charge in [0, 0.05) is 15.8 Å². The summed E-state index contributed by atoms with van der Waals surface area (Å²) in [5.74, 6) is -0.304. The number of rotatable bonds is 6. The minimum atomic E-state index is -3.08. The van der Waals surface area contributed by atoms with Crippen LogP contribution in [-0.4, -0.2) is 42.5 Å². The lowest BCUT2D eigenvalue weighted by atomic mass is 10.2. The Morgan fingerprint density at radius 2 is 2.08 bits per heavy atom. The van der Waals surface area contributed by atoms with Crippen LogP contribution in [0.25, 0.3) is 0 Å². The van der Waals surface area contributed by atoms with Gasteiger partial charge >= 0.3 is 0 Å². The van der Waals surface area contributed by atoms with Crippen molar-refractivity contribution in [2.24, 2.45) is 0 Å². The van der Waals surface area contributed by atoms with Gasteiger partial charge in [0.1, 0.15) is 5.82 Å². The van der Waals surface area contributed by atoms with Crippen LogP contribution in [0.4, 0.5) is 4.39 Å². The van der Waals surface area contributed by atoms with E-state index in [1.165, 1.54) is 17.4 Å². The minimum absolute atomic E-state index is 0.00841. The summed E-state index contributed by atoms with van der Waals surface area (Å²) < 4.78 is 37.3. The van der Waals surface area contributed by atoms with Crippen LogP contribution in [0.15, 0.2) is 46.7 Å². The Bertz CT molecular complexity index is 837. The van der Waals surface area contributed by atoms with Gasteiger partial charge in [-0.15, -0.1) is 23.1 Å². The third-order valence-electron chi connectivity index (χ3n) is 4.06. The topological polar surface area (TPSA) is 54.5 Å². The molecular formula is C17H18FNO3S3. The van der Waals surface area contributed by atoms with Crippen molar-refractivity contribution >= 4 is 38.8 Å². The van der Waals surface area contributed by atoms with Gasteiger partial charge in [0.2, 0.25) is 5.91 Å². The van der Waals surface area contributed by atoms with E-state index in [-0.39, 0.29) is 35.0 Å². The van der Waals surface area contributed by atoms with Crippen LogP contribution in [-0.2, 0) is 21.2 Å². The van der Waals surface area contributed by atoms with Gasteiger partial charge < -0.3 is 4.90 Å². The standard InChI is InChI=1S/C17H18FNO3S3/c18-15-5-1-2-6-16(15)24-11-17(20)19(10-14-4-3-8-23-14)13-7-9-25(21,22)12-13/h1-6,8,13H,7,9-12H2. The number of halogens is 1. The van der Waals surface area contributed by atoms with Crippen molar-refractivity contribution in [3.8, 4) is 0 Å². The molecule has 1 aliphatic heterocycles. The zero-order valence-corrected chi connectivity index (χ0v) is 15.9. The molecule has 1 aromatic carbocycles. The largest absolute Gasteiger partial charge is 0.333 e. The summed E-state index contributed by atoms with van der Waals surface area (Å²) in [6, 6.07) is 9.86. The molecule has 0 aliphatic carbocycles. The lowest BCUT2D eigenvalue weighted by Gasteiger charge is -2.28. The normalized spacial score (nSPS) is 19.0. The monoisotopic (exact) mass is 399 g/mol. The fraction of sp³-hybridized carbons (Fsp3) is 0.353. The molecule has 2 aromatic rings. The molecule has 3 rings (SSSR count). The number of carbonyl (C=O) groups is 1. The Labute approximate surface area is 155 Å². The fourth-order valence-corrected chi connectivity index (χ4v) is 6.06. The second kappa shape index (κ2) is 7.88. The number of benzene rings is 1. The highest BCUT2D eigenvalue weighted by Gasteiger charge is 2.34. The summed E-state index contributed by atoms with van der Waals surface area (Å²) in [6.45, 7) is 0.397. The summed E-state index contributed by atoms with van der Waals surface area (Å²) in [5, 5.41) is 1.93. The Morgan fingerprint density at radius 3 is 2.72 bits per heavy atom. The number of nitrogens with zero attached hydrogens (tertiary/aromatic N) is 1. The molecule has 8 heteroatoms. The Morgan fingerprint density at radius 1 is 1.28 bits per heavy atom. The number of hydrogen-bond donors (Lipinski definition) is 0. The van der Waals surface area contributed by atoms with Crippen LogP contribution < -0.4 is 0 Å². The van der Waals surface area contributed by atoms with E-state index < -0.39 is 9.84 Å². The van der Waals surface area contributed by atoms with Crippen molar-refractivity contribution in [2.75, 3.05) is 17.3 Å². The van der Waals surface area contributed by atoms with E-state index in [9.17, 15) is 17.6 Å². The van der Waals surface area contributed by atoms with Crippen molar-refractivity contribution in [2.45, 2.75) is 23.9 Å². The van der Waals surface area contributed by atoms with Gasteiger partial charge in [-0.05, 0) is 30.0 Å². The van der Waals surface area contributed by atoms with E-state index in [1.807, 2.05) is 17.5 Å². The van der Waals surface area contributed by atoms with Crippen LogP contribution in [0, 0.1) is 5.82 Å². The molecule has 1 amide bonds. The highest BCUT2D eigenvalue weighted by atomic mass is 32.2. The predicted molar refractivity (Wildman–Crippen MR) is 99.1 cm³/mol. The quantitative estimate of drug-likeness (QED) is 0.700. The molecule has 1 fully saturated rings. The average Bonchev–Trinajstić information content (AvgIpc) is 3.20. The summed E-state index contributed by atoms with van der Waals surface area (Å²) >= 11 is 2.68. The number of thiophene rings is 1. The number of carbonyl (C=O) groups excluding carboxylic acids is 1. The summed E-state index contributed by atoms with van der Waals surface area (Å²) in [6.07, 6.45) is 0.462. The van der Waals surface area contributed by atoms with Crippen LogP contribution in [0.3, 0.4) is 0 Å². The van der Waals surface area contributed by atoms with E-state index in [0.717, 1.165) is 16.6 Å². The van der Waals surface area contributed by atoms with Gasteiger partial charge in [-0.3, -0.25) is 4.79 Å². The highest BCUT2D eigenvalue weighted by molar-refractivity contribution is 8.00. The maximum absolute atomic E-state index is 13.7. The molecule has 134 valence electrons. The Kier molecular flexibility index (Phi) is 5.81. The SMILES string of the molecule is O=C(CSc1ccccc1F)N(Cc1cccs1)C1CCS(=O)(=O)C1. The molecule has 1 unspecified atom stereocenters. The second-order valence-corrected chi connectivity index (χ2v) is 10.2. The van der Waals surface area contributed by atoms with Crippen LogP contribution in [0.2, 0.25) is 0 Å². The van der Waals surface area contributed by atoms with Crippen LogP contribution in [0.5, 0.6) is 0 Å². The van der Waals surface area contributed by atoms with Gasteiger partial charge in [0.25, 0.3) is 0 Å². The first-order valence-electron chi connectivity index (χ1n) is 7.84. The first-order chi connectivity index (χ1) is 11.9. The second-order valence-electron chi connectivity index (χ2n) is 5.88. The molecule has 0 saturated carbocycles. The Hall–Kier alpha value is -1.38. The molecule has 1 aliphatic rings. The van der Waals surface area contributed by atoms with E-state index in [2.05, 4.69) is 0 Å². The van der Waals surface area contributed by atoms with Crippen molar-refractivity contribution in [3.05, 3.63) is 52.5 Å². The van der Waals surface area contributed by atoms with Gasteiger partial charge in [-0.1, -0.05) is 18.2 Å². The lowest BCUT2D eigenvalue weighted by molar-refractivity contribution is -0.130. The minimum Gasteiger partial charge on any atom is -0.333 e. The number of hydrogen-bond acceptors (Lipinski definition) is 5. The third kappa shape index (κ3) is 4.83. The van der Waals surface area contributed by atoms with E-state index in [4.69, 9.17) is 0 Å². The number of thioether (sulfide) groups is 1. The molecule has 1 saturated heterocycles. The lowest BCUT2D eigenvalue weighted by Crippen LogP contribution is -2.41. The maximum Gasteiger partial charge on any atom is 0.233 e. The summed E-state index contributed by atoms with van der Waals surface area (Å²) in [7, 11) is -3.08. The number of sulfone groups is 1.